The first-order valence-electron chi connectivity index (χ1n) is 6.46. The summed E-state index contributed by atoms with van der Waals surface area (Å²) in [6.07, 6.45) is 9.75. The number of benzene rings is 1. The molecule has 0 heterocycles. The fraction of sp³-hybridized carbons (Fsp3) is 0.235. The fourth-order valence-corrected chi connectivity index (χ4v) is 2.00. The Morgan fingerprint density at radius 3 is 2.45 bits per heavy atom. The first-order chi connectivity index (χ1) is 9.69. The Morgan fingerprint density at radius 2 is 1.90 bits per heavy atom. The highest BCUT2D eigenvalue weighted by molar-refractivity contribution is 6.04. The minimum Gasteiger partial charge on any atom is -0.349 e. The number of hydrogen-bond acceptors (Lipinski definition) is 3. The Bertz CT molecular complexity index is 549. The predicted octanol–water partition coefficient (Wildman–Crippen LogP) is 3.30. The van der Waals surface area contributed by atoms with Crippen molar-refractivity contribution in [3.8, 4) is 0 Å². The fourth-order valence-electron chi connectivity index (χ4n) is 2.00. The third-order valence-corrected chi connectivity index (χ3v) is 3.33. The summed E-state index contributed by atoms with van der Waals surface area (Å²) in [7, 11) is 3.23. The number of methoxy groups -OCH3 is 2. The average molecular weight is 270 g/mol. The molecule has 0 fully saturated rings. The number of hydrogen-bond donors (Lipinski definition) is 0. The molecular weight excluding hydrogens is 252 g/mol. The molecule has 2 rings (SSSR count). The lowest BCUT2D eigenvalue weighted by molar-refractivity contribution is -0.167. The van der Waals surface area contributed by atoms with E-state index in [1.54, 1.807) is 38.5 Å². The van der Waals surface area contributed by atoms with E-state index in [0.29, 0.717) is 12.0 Å². The van der Waals surface area contributed by atoms with E-state index in [4.69, 9.17) is 9.47 Å². The molecule has 0 aliphatic heterocycles. The highest BCUT2D eigenvalue weighted by Crippen LogP contribution is 2.25. The molecule has 0 unspecified atom stereocenters. The van der Waals surface area contributed by atoms with Gasteiger partial charge in [0, 0.05) is 26.2 Å². The van der Waals surface area contributed by atoms with Gasteiger partial charge in [0.1, 0.15) is 0 Å². The summed E-state index contributed by atoms with van der Waals surface area (Å²) in [5.74, 6) is -0.684. The molecular formula is C17H18O3. The molecule has 0 radical (unpaired) electrons. The van der Waals surface area contributed by atoms with Crippen LogP contribution in [0.25, 0.3) is 0 Å². The lowest BCUT2D eigenvalue weighted by atomic mass is 10.0. The molecule has 20 heavy (non-hydrogen) atoms. The third-order valence-electron chi connectivity index (χ3n) is 3.33. The maximum atomic E-state index is 11.9. The lowest BCUT2D eigenvalue weighted by Gasteiger charge is -2.28. The molecule has 104 valence electrons. The van der Waals surface area contributed by atoms with E-state index in [9.17, 15) is 4.79 Å². The Labute approximate surface area is 119 Å². The minimum absolute atomic E-state index is 0.00443. The van der Waals surface area contributed by atoms with Gasteiger partial charge in [-0.05, 0) is 17.7 Å². The van der Waals surface area contributed by atoms with Crippen LogP contribution in [0.15, 0.2) is 66.3 Å². The summed E-state index contributed by atoms with van der Waals surface area (Å²) >= 11 is 0. The summed E-state index contributed by atoms with van der Waals surface area (Å²) in [6.45, 7) is 0. The Balaban J connectivity index is 2.02. The van der Waals surface area contributed by atoms with Gasteiger partial charge >= 0.3 is 0 Å². The molecule has 0 saturated carbocycles. The van der Waals surface area contributed by atoms with Crippen LogP contribution in [-0.4, -0.2) is 25.8 Å². The van der Waals surface area contributed by atoms with E-state index in [1.807, 2.05) is 36.4 Å². The van der Waals surface area contributed by atoms with Crippen LogP contribution in [0.5, 0.6) is 0 Å². The van der Waals surface area contributed by atoms with Crippen molar-refractivity contribution in [1.29, 1.82) is 0 Å². The molecule has 0 spiro atoms. The number of ketones is 1. The maximum Gasteiger partial charge on any atom is 0.190 e. The van der Waals surface area contributed by atoms with Crippen LogP contribution in [-0.2, 0) is 9.47 Å². The second-order valence-corrected chi connectivity index (χ2v) is 4.53. The number of allylic oxidation sites excluding steroid dienone is 4. The van der Waals surface area contributed by atoms with Gasteiger partial charge in [-0.15, -0.1) is 0 Å². The van der Waals surface area contributed by atoms with E-state index in [2.05, 4.69) is 0 Å². The number of carbonyl (C=O) groups is 1. The van der Waals surface area contributed by atoms with Gasteiger partial charge in [0.15, 0.2) is 11.6 Å². The lowest BCUT2D eigenvalue weighted by Crippen LogP contribution is -2.31. The molecule has 3 nitrogen and oxygen atoms in total. The van der Waals surface area contributed by atoms with Gasteiger partial charge in [0.05, 0.1) is 0 Å². The van der Waals surface area contributed by atoms with Crippen molar-refractivity contribution in [3.05, 3.63) is 71.8 Å². The van der Waals surface area contributed by atoms with E-state index < -0.39 is 5.79 Å². The first kappa shape index (κ1) is 14.4. The Hall–Kier alpha value is -1.97. The summed E-state index contributed by atoms with van der Waals surface area (Å²) in [4.78, 5) is 11.9. The zero-order valence-electron chi connectivity index (χ0n) is 11.7. The van der Waals surface area contributed by atoms with E-state index in [0.717, 1.165) is 5.57 Å². The second kappa shape index (κ2) is 6.46. The number of rotatable bonds is 5. The molecule has 1 aromatic carbocycles. The number of ether oxygens (including phenoxy) is 2. The predicted molar refractivity (Wildman–Crippen MR) is 78.5 cm³/mol. The van der Waals surface area contributed by atoms with Crippen molar-refractivity contribution in [2.24, 2.45) is 0 Å². The SMILES string of the molecule is COC1(OC)C=CC(/C=C/C(=O)c2ccccc2)=CC1. The summed E-state index contributed by atoms with van der Waals surface area (Å²) in [6, 6.07) is 9.21. The molecule has 1 aliphatic carbocycles. The molecule has 1 aliphatic rings. The standard InChI is InChI=1S/C17H18O3/c1-19-17(20-2)12-10-14(11-13-17)8-9-16(18)15-6-4-3-5-7-15/h3-12H,13H2,1-2H3/b9-8+. The average Bonchev–Trinajstić information content (AvgIpc) is 2.54. The molecule has 0 amide bonds. The van der Waals surface area contributed by atoms with Crippen molar-refractivity contribution in [2.75, 3.05) is 14.2 Å². The summed E-state index contributed by atoms with van der Waals surface area (Å²) in [5.41, 5.74) is 1.66. The van der Waals surface area contributed by atoms with E-state index in [1.165, 1.54) is 0 Å². The number of carbonyl (C=O) groups excluding carboxylic acids is 1. The van der Waals surface area contributed by atoms with Gasteiger partial charge < -0.3 is 9.47 Å². The van der Waals surface area contributed by atoms with Gasteiger partial charge in [0.2, 0.25) is 0 Å². The molecule has 0 N–H and O–H groups in total. The highest BCUT2D eigenvalue weighted by atomic mass is 16.7. The van der Waals surface area contributed by atoms with Crippen LogP contribution < -0.4 is 0 Å². The van der Waals surface area contributed by atoms with Gasteiger partial charge in [-0.2, -0.15) is 0 Å². The van der Waals surface area contributed by atoms with Gasteiger partial charge in [-0.1, -0.05) is 48.6 Å². The van der Waals surface area contributed by atoms with Crippen LogP contribution >= 0.6 is 0 Å². The van der Waals surface area contributed by atoms with Crippen molar-refractivity contribution in [2.45, 2.75) is 12.2 Å². The van der Waals surface area contributed by atoms with Crippen LogP contribution in [0.1, 0.15) is 16.8 Å². The van der Waals surface area contributed by atoms with Gasteiger partial charge in [-0.3, -0.25) is 4.79 Å². The summed E-state index contributed by atoms with van der Waals surface area (Å²) < 4.78 is 10.7. The van der Waals surface area contributed by atoms with Crippen molar-refractivity contribution in [3.63, 3.8) is 0 Å². The minimum atomic E-state index is -0.680. The van der Waals surface area contributed by atoms with Crippen molar-refractivity contribution in [1.82, 2.24) is 0 Å². The molecule has 0 aromatic heterocycles. The van der Waals surface area contributed by atoms with Crippen molar-refractivity contribution < 1.29 is 14.3 Å². The monoisotopic (exact) mass is 270 g/mol. The zero-order valence-corrected chi connectivity index (χ0v) is 11.7. The van der Waals surface area contributed by atoms with Crippen LogP contribution in [0.2, 0.25) is 0 Å². The molecule has 0 atom stereocenters. The topological polar surface area (TPSA) is 35.5 Å². The second-order valence-electron chi connectivity index (χ2n) is 4.53. The first-order valence-corrected chi connectivity index (χ1v) is 6.46. The molecule has 0 saturated heterocycles. The molecule has 0 bridgehead atoms. The zero-order chi connectivity index (χ0) is 14.4. The maximum absolute atomic E-state index is 11.9. The summed E-state index contributed by atoms with van der Waals surface area (Å²) in [5, 5.41) is 0. The van der Waals surface area contributed by atoms with Crippen molar-refractivity contribution >= 4 is 5.78 Å². The normalized spacial score (nSPS) is 17.2. The van der Waals surface area contributed by atoms with Gasteiger partial charge in [0.25, 0.3) is 0 Å². The van der Waals surface area contributed by atoms with Crippen LogP contribution in [0.4, 0.5) is 0 Å². The smallest absolute Gasteiger partial charge is 0.190 e. The molecule has 3 heteroatoms. The highest BCUT2D eigenvalue weighted by Gasteiger charge is 2.26. The quantitative estimate of drug-likeness (QED) is 0.468. The van der Waals surface area contributed by atoms with Crippen LogP contribution in [0, 0.1) is 0 Å². The van der Waals surface area contributed by atoms with Gasteiger partial charge in [-0.25, -0.2) is 0 Å². The third kappa shape index (κ3) is 3.32. The van der Waals surface area contributed by atoms with Crippen LogP contribution in [0.3, 0.4) is 0 Å². The molecule has 1 aromatic rings. The Morgan fingerprint density at radius 1 is 1.20 bits per heavy atom. The Kier molecular flexibility index (Phi) is 4.66. The van der Waals surface area contributed by atoms with E-state index >= 15 is 0 Å². The largest absolute Gasteiger partial charge is 0.349 e. The van der Waals surface area contributed by atoms with E-state index in [-0.39, 0.29) is 5.78 Å².